The zero-order chi connectivity index (χ0) is 14.1. The SMILES string of the molecule is CC(C)C(=O)CCc1cn(CCCCCCN)nn1. The second-order valence-corrected chi connectivity index (χ2v) is 5.30. The molecule has 0 saturated heterocycles. The molecule has 0 atom stereocenters. The lowest BCUT2D eigenvalue weighted by molar-refractivity contribution is -0.121. The molecule has 0 radical (unpaired) electrons. The number of nitrogens with zero attached hydrogens (tertiary/aromatic N) is 3. The quantitative estimate of drug-likeness (QED) is 0.657. The molecule has 0 unspecified atom stereocenters. The molecule has 1 heterocycles. The molecule has 0 aromatic carbocycles. The van der Waals surface area contributed by atoms with Crippen molar-refractivity contribution in [1.29, 1.82) is 0 Å². The first-order chi connectivity index (χ1) is 9.13. The number of rotatable bonds is 10. The fourth-order valence-electron chi connectivity index (χ4n) is 1.87. The number of aromatic nitrogens is 3. The highest BCUT2D eigenvalue weighted by Crippen LogP contribution is 2.06. The summed E-state index contributed by atoms with van der Waals surface area (Å²) in [6.07, 6.45) is 7.78. The lowest BCUT2D eigenvalue weighted by atomic mass is 10.0. The van der Waals surface area contributed by atoms with E-state index < -0.39 is 0 Å². The van der Waals surface area contributed by atoms with Crippen LogP contribution in [0.3, 0.4) is 0 Å². The molecule has 2 N–H and O–H groups in total. The zero-order valence-corrected chi connectivity index (χ0v) is 12.1. The van der Waals surface area contributed by atoms with Gasteiger partial charge in [-0.15, -0.1) is 5.10 Å². The number of carbonyl (C=O) groups is 1. The van der Waals surface area contributed by atoms with Crippen LogP contribution in [0.2, 0.25) is 0 Å². The molecule has 0 aliphatic heterocycles. The minimum absolute atomic E-state index is 0.109. The van der Waals surface area contributed by atoms with Gasteiger partial charge in [-0.3, -0.25) is 9.48 Å². The van der Waals surface area contributed by atoms with E-state index in [4.69, 9.17) is 5.73 Å². The smallest absolute Gasteiger partial charge is 0.135 e. The Balaban J connectivity index is 2.22. The minimum atomic E-state index is 0.109. The van der Waals surface area contributed by atoms with E-state index in [2.05, 4.69) is 10.3 Å². The standard InChI is InChI=1S/C14H26N4O/c1-12(2)14(19)8-7-13-11-18(17-16-13)10-6-4-3-5-9-15/h11-12H,3-10,15H2,1-2H3. The van der Waals surface area contributed by atoms with Crippen LogP contribution in [0.25, 0.3) is 0 Å². The normalized spacial score (nSPS) is 11.2. The summed E-state index contributed by atoms with van der Waals surface area (Å²) in [4.78, 5) is 11.5. The van der Waals surface area contributed by atoms with Gasteiger partial charge in [0, 0.05) is 31.5 Å². The monoisotopic (exact) mass is 266 g/mol. The van der Waals surface area contributed by atoms with Crippen molar-refractivity contribution in [3.63, 3.8) is 0 Å². The summed E-state index contributed by atoms with van der Waals surface area (Å²) in [6.45, 7) is 5.54. The van der Waals surface area contributed by atoms with Gasteiger partial charge in [-0.25, -0.2) is 0 Å². The molecular weight excluding hydrogens is 240 g/mol. The van der Waals surface area contributed by atoms with Crippen molar-refractivity contribution < 1.29 is 4.79 Å². The van der Waals surface area contributed by atoms with Gasteiger partial charge in [-0.2, -0.15) is 0 Å². The average molecular weight is 266 g/mol. The highest BCUT2D eigenvalue weighted by atomic mass is 16.1. The van der Waals surface area contributed by atoms with Crippen molar-refractivity contribution in [3.8, 4) is 0 Å². The Morgan fingerprint density at radius 3 is 2.74 bits per heavy atom. The third kappa shape index (κ3) is 6.47. The van der Waals surface area contributed by atoms with Crippen LogP contribution in [0.4, 0.5) is 0 Å². The second kappa shape index (κ2) is 8.80. The molecule has 0 spiro atoms. The van der Waals surface area contributed by atoms with Gasteiger partial charge < -0.3 is 5.73 Å². The number of carbonyl (C=O) groups excluding carboxylic acids is 1. The first-order valence-corrected chi connectivity index (χ1v) is 7.25. The van der Waals surface area contributed by atoms with Crippen LogP contribution < -0.4 is 5.73 Å². The first kappa shape index (κ1) is 15.8. The number of hydrogen-bond acceptors (Lipinski definition) is 4. The number of unbranched alkanes of at least 4 members (excludes halogenated alkanes) is 3. The maximum absolute atomic E-state index is 11.5. The van der Waals surface area contributed by atoms with Crippen LogP contribution in [-0.2, 0) is 17.8 Å². The molecular formula is C14H26N4O. The summed E-state index contributed by atoms with van der Waals surface area (Å²) in [5.41, 5.74) is 6.36. The maximum Gasteiger partial charge on any atom is 0.135 e. The number of nitrogens with two attached hydrogens (primary N) is 1. The van der Waals surface area contributed by atoms with E-state index in [1.54, 1.807) is 0 Å². The molecule has 19 heavy (non-hydrogen) atoms. The van der Waals surface area contributed by atoms with Gasteiger partial charge in [0.05, 0.1) is 5.69 Å². The van der Waals surface area contributed by atoms with E-state index in [9.17, 15) is 4.79 Å². The second-order valence-electron chi connectivity index (χ2n) is 5.30. The van der Waals surface area contributed by atoms with E-state index in [1.165, 1.54) is 12.8 Å². The zero-order valence-electron chi connectivity index (χ0n) is 12.1. The molecule has 1 aromatic rings. The molecule has 108 valence electrons. The van der Waals surface area contributed by atoms with E-state index in [0.29, 0.717) is 12.8 Å². The summed E-state index contributed by atoms with van der Waals surface area (Å²) >= 11 is 0. The predicted molar refractivity (Wildman–Crippen MR) is 75.7 cm³/mol. The third-order valence-corrected chi connectivity index (χ3v) is 3.20. The number of ketones is 1. The summed E-state index contributed by atoms with van der Waals surface area (Å²) in [7, 11) is 0. The molecule has 5 heteroatoms. The van der Waals surface area contributed by atoms with Crippen molar-refractivity contribution in [2.24, 2.45) is 11.7 Å². The topological polar surface area (TPSA) is 73.8 Å². The Morgan fingerprint density at radius 2 is 2.05 bits per heavy atom. The van der Waals surface area contributed by atoms with Crippen LogP contribution in [0.5, 0.6) is 0 Å². The molecule has 0 aliphatic carbocycles. The van der Waals surface area contributed by atoms with Gasteiger partial charge in [0.25, 0.3) is 0 Å². The van der Waals surface area contributed by atoms with Crippen LogP contribution in [0.1, 0.15) is 51.6 Å². The van der Waals surface area contributed by atoms with Crippen molar-refractivity contribution in [1.82, 2.24) is 15.0 Å². The molecule has 0 amide bonds. The highest BCUT2D eigenvalue weighted by molar-refractivity contribution is 5.80. The Hall–Kier alpha value is -1.23. The van der Waals surface area contributed by atoms with Gasteiger partial charge >= 0.3 is 0 Å². The number of hydrogen-bond donors (Lipinski definition) is 1. The van der Waals surface area contributed by atoms with E-state index in [0.717, 1.165) is 31.6 Å². The summed E-state index contributed by atoms with van der Waals surface area (Å²) in [5.74, 6) is 0.397. The fraction of sp³-hybridized carbons (Fsp3) is 0.786. The van der Waals surface area contributed by atoms with Crippen LogP contribution >= 0.6 is 0 Å². The lowest BCUT2D eigenvalue weighted by Crippen LogP contribution is -2.07. The largest absolute Gasteiger partial charge is 0.330 e. The average Bonchev–Trinajstić information content (AvgIpc) is 2.83. The molecule has 0 bridgehead atoms. The molecule has 1 rings (SSSR count). The van der Waals surface area contributed by atoms with Crippen molar-refractivity contribution in [2.75, 3.05) is 6.54 Å². The number of aryl methyl sites for hydroxylation is 2. The van der Waals surface area contributed by atoms with Gasteiger partial charge in [0.1, 0.15) is 5.78 Å². The van der Waals surface area contributed by atoms with Crippen LogP contribution in [0.15, 0.2) is 6.20 Å². The summed E-state index contributed by atoms with van der Waals surface area (Å²) in [5, 5.41) is 8.19. The number of Topliss-reactive ketones (excluding diaryl/α,β-unsaturated/α-hetero) is 1. The highest BCUT2D eigenvalue weighted by Gasteiger charge is 2.09. The van der Waals surface area contributed by atoms with Crippen LogP contribution in [-0.4, -0.2) is 27.3 Å². The van der Waals surface area contributed by atoms with Crippen LogP contribution in [0, 0.1) is 5.92 Å². The Bertz CT molecular complexity index is 373. The Labute approximate surface area is 115 Å². The molecule has 1 aromatic heterocycles. The van der Waals surface area contributed by atoms with Crippen molar-refractivity contribution in [2.45, 2.75) is 58.9 Å². The lowest BCUT2D eigenvalue weighted by Gasteiger charge is -2.01. The van der Waals surface area contributed by atoms with Crippen molar-refractivity contribution in [3.05, 3.63) is 11.9 Å². The van der Waals surface area contributed by atoms with Gasteiger partial charge in [-0.1, -0.05) is 31.9 Å². The Morgan fingerprint density at radius 1 is 1.32 bits per heavy atom. The summed E-state index contributed by atoms with van der Waals surface area (Å²) < 4.78 is 1.87. The predicted octanol–water partition coefficient (Wildman–Crippen LogP) is 1.95. The molecule has 0 aliphatic rings. The fourth-order valence-corrected chi connectivity index (χ4v) is 1.87. The maximum atomic E-state index is 11.5. The first-order valence-electron chi connectivity index (χ1n) is 7.25. The van der Waals surface area contributed by atoms with Gasteiger partial charge in [0.2, 0.25) is 0 Å². The van der Waals surface area contributed by atoms with Crippen molar-refractivity contribution >= 4 is 5.78 Å². The molecule has 0 saturated carbocycles. The Kier molecular flexibility index (Phi) is 7.33. The van der Waals surface area contributed by atoms with E-state index >= 15 is 0 Å². The summed E-state index contributed by atoms with van der Waals surface area (Å²) in [6, 6.07) is 0. The third-order valence-electron chi connectivity index (χ3n) is 3.20. The minimum Gasteiger partial charge on any atom is -0.330 e. The van der Waals surface area contributed by atoms with Gasteiger partial charge in [0.15, 0.2) is 0 Å². The van der Waals surface area contributed by atoms with E-state index in [-0.39, 0.29) is 11.7 Å². The molecule has 0 fully saturated rings. The van der Waals surface area contributed by atoms with Gasteiger partial charge in [-0.05, 0) is 19.4 Å². The molecule has 5 nitrogen and oxygen atoms in total. The van der Waals surface area contributed by atoms with E-state index in [1.807, 2.05) is 24.7 Å².